The number of halogens is 1. The summed E-state index contributed by atoms with van der Waals surface area (Å²) >= 11 is 0. The zero-order chi connectivity index (χ0) is 22.8. The molecule has 2 heterocycles. The molecule has 0 saturated heterocycles. The summed E-state index contributed by atoms with van der Waals surface area (Å²) in [7, 11) is 0. The number of carbonyl (C=O) groups is 1. The summed E-state index contributed by atoms with van der Waals surface area (Å²) in [6.07, 6.45) is 5.27. The lowest BCUT2D eigenvalue weighted by atomic mass is 10.0. The van der Waals surface area contributed by atoms with Gasteiger partial charge >= 0.3 is 5.97 Å². The number of nitrogens with zero attached hydrogens (tertiary/aromatic N) is 2. The fourth-order valence-electron chi connectivity index (χ4n) is 3.85. The van der Waals surface area contributed by atoms with E-state index in [2.05, 4.69) is 15.3 Å². The van der Waals surface area contributed by atoms with Crippen molar-refractivity contribution in [2.24, 2.45) is 0 Å². The number of ether oxygens (including phenoxy) is 2. The summed E-state index contributed by atoms with van der Waals surface area (Å²) in [5.74, 6) is 0.878. The third-order valence-corrected chi connectivity index (χ3v) is 5.73. The topological polar surface area (TPSA) is 73.3 Å². The van der Waals surface area contributed by atoms with E-state index in [9.17, 15) is 9.18 Å². The Hall–Kier alpha value is -4.00. The molecule has 33 heavy (non-hydrogen) atoms. The van der Waals surface area contributed by atoms with Gasteiger partial charge < -0.3 is 14.8 Å². The van der Waals surface area contributed by atoms with Crippen molar-refractivity contribution in [3.8, 4) is 11.6 Å². The Morgan fingerprint density at radius 3 is 2.36 bits per heavy atom. The quantitative estimate of drug-likeness (QED) is 0.362. The second kappa shape index (κ2) is 8.50. The summed E-state index contributed by atoms with van der Waals surface area (Å²) in [4.78, 5) is 21.0. The van der Waals surface area contributed by atoms with Gasteiger partial charge in [-0.15, -0.1) is 0 Å². The number of pyridine rings is 2. The van der Waals surface area contributed by atoms with E-state index in [-0.39, 0.29) is 17.3 Å². The number of fused-ring (bicyclic) bond motifs is 1. The Morgan fingerprint density at radius 2 is 1.70 bits per heavy atom. The number of nitrogens with one attached hydrogen (secondary N) is 1. The molecule has 2 aromatic carbocycles. The van der Waals surface area contributed by atoms with Crippen molar-refractivity contribution in [2.75, 3.05) is 11.9 Å². The van der Waals surface area contributed by atoms with E-state index in [1.54, 1.807) is 43.6 Å². The third-order valence-electron chi connectivity index (χ3n) is 5.73. The first-order valence-electron chi connectivity index (χ1n) is 10.8. The first-order chi connectivity index (χ1) is 16.1. The number of benzene rings is 2. The van der Waals surface area contributed by atoms with Gasteiger partial charge in [-0.25, -0.2) is 19.2 Å². The summed E-state index contributed by atoms with van der Waals surface area (Å²) in [6, 6.07) is 17.1. The summed E-state index contributed by atoms with van der Waals surface area (Å²) in [6.45, 7) is 2.13. The molecule has 7 heteroatoms. The molecule has 0 aliphatic heterocycles. The van der Waals surface area contributed by atoms with Gasteiger partial charge in [-0.3, -0.25) is 0 Å². The van der Waals surface area contributed by atoms with Gasteiger partial charge in [0.25, 0.3) is 0 Å². The van der Waals surface area contributed by atoms with Crippen LogP contribution in [0.3, 0.4) is 0 Å². The molecular weight excluding hydrogens is 421 g/mol. The smallest absolute Gasteiger partial charge is 0.338 e. The van der Waals surface area contributed by atoms with Crippen LogP contribution in [0.4, 0.5) is 10.2 Å². The molecule has 0 atom stereocenters. The van der Waals surface area contributed by atoms with Crippen LogP contribution in [0.1, 0.15) is 35.7 Å². The van der Waals surface area contributed by atoms with Gasteiger partial charge in [0.2, 0.25) is 5.88 Å². The zero-order valence-corrected chi connectivity index (χ0v) is 18.0. The summed E-state index contributed by atoms with van der Waals surface area (Å²) in [5.41, 5.74) is 1.32. The normalized spacial score (nSPS) is 14.0. The summed E-state index contributed by atoms with van der Waals surface area (Å²) < 4.78 is 24.3. The van der Waals surface area contributed by atoms with Crippen molar-refractivity contribution in [3.05, 3.63) is 90.0 Å². The Labute approximate surface area is 190 Å². The molecule has 166 valence electrons. The number of rotatable bonds is 7. The van der Waals surface area contributed by atoms with Crippen LogP contribution in [0.5, 0.6) is 11.6 Å². The third kappa shape index (κ3) is 4.22. The first-order valence-corrected chi connectivity index (χ1v) is 10.8. The van der Waals surface area contributed by atoms with Gasteiger partial charge in [-0.1, -0.05) is 12.1 Å². The van der Waals surface area contributed by atoms with Crippen LogP contribution in [0.15, 0.2) is 73.1 Å². The molecular formula is C26H22FN3O3. The Morgan fingerprint density at radius 1 is 1.00 bits per heavy atom. The van der Waals surface area contributed by atoms with Gasteiger partial charge in [-0.2, -0.15) is 0 Å². The van der Waals surface area contributed by atoms with Gasteiger partial charge in [0.05, 0.1) is 23.1 Å². The van der Waals surface area contributed by atoms with Crippen LogP contribution in [0.2, 0.25) is 0 Å². The molecule has 6 nitrogen and oxygen atoms in total. The van der Waals surface area contributed by atoms with Crippen molar-refractivity contribution in [1.29, 1.82) is 0 Å². The van der Waals surface area contributed by atoms with Crippen LogP contribution in [0, 0.1) is 5.82 Å². The van der Waals surface area contributed by atoms with E-state index in [1.807, 2.05) is 24.3 Å². The van der Waals surface area contributed by atoms with Crippen molar-refractivity contribution < 1.29 is 18.7 Å². The Bertz CT molecular complexity index is 1300. The molecule has 0 bridgehead atoms. The lowest BCUT2D eigenvalue weighted by Gasteiger charge is -2.21. The number of hydrogen-bond acceptors (Lipinski definition) is 6. The van der Waals surface area contributed by atoms with Crippen molar-refractivity contribution in [1.82, 2.24) is 9.97 Å². The van der Waals surface area contributed by atoms with Crippen LogP contribution in [-0.2, 0) is 10.3 Å². The highest BCUT2D eigenvalue weighted by Gasteiger charge is 2.45. The largest absolute Gasteiger partial charge is 0.462 e. The number of anilines is 1. The molecule has 0 amide bonds. The molecule has 1 aliphatic rings. The van der Waals surface area contributed by atoms with E-state index in [0.29, 0.717) is 29.6 Å². The minimum absolute atomic E-state index is 0.280. The predicted molar refractivity (Wildman–Crippen MR) is 123 cm³/mol. The molecule has 0 spiro atoms. The van der Waals surface area contributed by atoms with Gasteiger partial charge in [0.15, 0.2) is 0 Å². The monoisotopic (exact) mass is 443 g/mol. The van der Waals surface area contributed by atoms with Crippen LogP contribution in [-0.4, -0.2) is 22.5 Å². The molecule has 5 rings (SSSR count). The maximum absolute atomic E-state index is 13.3. The van der Waals surface area contributed by atoms with Crippen molar-refractivity contribution in [3.63, 3.8) is 0 Å². The van der Waals surface area contributed by atoms with E-state index >= 15 is 0 Å². The average molecular weight is 443 g/mol. The van der Waals surface area contributed by atoms with Crippen LogP contribution < -0.4 is 10.1 Å². The maximum atomic E-state index is 13.3. The second-order valence-corrected chi connectivity index (χ2v) is 7.93. The van der Waals surface area contributed by atoms with Crippen molar-refractivity contribution >= 4 is 22.6 Å². The standard InChI is InChI=1S/C26H22FN3O3/c1-2-32-25(31)18-3-5-19(6-4-18)26(13-14-26)30-23-22-17(11-15-28-23)12-16-29-24(22)33-21-9-7-20(27)8-10-21/h3-12,15-16H,2,13-14H2,1H3,(H,28,30). The number of hydrogen-bond donors (Lipinski definition) is 1. The van der Waals surface area contributed by atoms with E-state index in [4.69, 9.17) is 9.47 Å². The van der Waals surface area contributed by atoms with E-state index in [0.717, 1.165) is 29.2 Å². The highest BCUT2D eigenvalue weighted by molar-refractivity contribution is 5.96. The molecule has 1 N–H and O–H groups in total. The molecule has 4 aromatic rings. The SMILES string of the molecule is CCOC(=O)c1ccc(C2(Nc3nccc4ccnc(Oc5ccc(F)cc5)c34)CC2)cc1. The van der Waals surface area contributed by atoms with Gasteiger partial charge in [-0.05, 0) is 79.2 Å². The highest BCUT2D eigenvalue weighted by atomic mass is 19.1. The minimum atomic E-state index is -0.332. The Kier molecular flexibility index (Phi) is 5.38. The average Bonchev–Trinajstić information content (AvgIpc) is 3.62. The van der Waals surface area contributed by atoms with Gasteiger partial charge in [0.1, 0.15) is 17.4 Å². The number of aromatic nitrogens is 2. The zero-order valence-electron chi connectivity index (χ0n) is 18.0. The van der Waals surface area contributed by atoms with Crippen molar-refractivity contribution in [2.45, 2.75) is 25.3 Å². The number of carbonyl (C=O) groups excluding carboxylic acids is 1. The molecule has 0 radical (unpaired) electrons. The minimum Gasteiger partial charge on any atom is -0.462 e. The fourth-order valence-corrected chi connectivity index (χ4v) is 3.85. The van der Waals surface area contributed by atoms with Gasteiger partial charge in [0, 0.05) is 12.4 Å². The highest BCUT2D eigenvalue weighted by Crippen LogP contribution is 2.49. The maximum Gasteiger partial charge on any atom is 0.338 e. The molecule has 2 aromatic heterocycles. The molecule has 1 fully saturated rings. The lowest BCUT2D eigenvalue weighted by molar-refractivity contribution is 0.0526. The molecule has 1 saturated carbocycles. The fraction of sp³-hybridized carbons (Fsp3) is 0.192. The Balaban J connectivity index is 1.46. The number of esters is 1. The molecule has 0 unspecified atom stereocenters. The van der Waals surface area contributed by atoms with Crippen LogP contribution >= 0.6 is 0 Å². The predicted octanol–water partition coefficient (Wildman–Crippen LogP) is 5.84. The summed E-state index contributed by atoms with van der Waals surface area (Å²) in [5, 5.41) is 5.26. The van der Waals surface area contributed by atoms with E-state index < -0.39 is 0 Å². The lowest BCUT2D eigenvalue weighted by Crippen LogP contribution is -2.20. The molecule has 1 aliphatic carbocycles. The van der Waals surface area contributed by atoms with Crippen LogP contribution in [0.25, 0.3) is 10.8 Å². The second-order valence-electron chi connectivity index (χ2n) is 7.93. The first kappa shape index (κ1) is 20.9. The van der Waals surface area contributed by atoms with E-state index in [1.165, 1.54) is 12.1 Å².